The fourth-order valence-corrected chi connectivity index (χ4v) is 19.4. The average molecular weight is 1680 g/mol. The molecular formula is C84H102N6O18S6. The number of benzene rings is 6. The lowest BCUT2D eigenvalue weighted by atomic mass is 9.79. The average Bonchev–Trinajstić information content (AvgIpc) is 0.843. The Morgan fingerprint density at radius 3 is 0.816 bits per heavy atom. The van der Waals surface area contributed by atoms with E-state index in [9.17, 15) is 79.3 Å². The zero-order valence-electron chi connectivity index (χ0n) is 66.0. The number of hydrogen-bond donors (Lipinski definition) is 6. The van der Waals surface area contributed by atoms with Gasteiger partial charge in [-0.2, -0.15) is 0 Å². The fourth-order valence-electron chi connectivity index (χ4n) is 12.7. The first-order valence-corrected chi connectivity index (χ1v) is 46.1. The highest BCUT2D eigenvalue weighted by atomic mass is 32.2. The van der Waals surface area contributed by atoms with Crippen LogP contribution >= 0.6 is 0 Å². The smallest absolute Gasteiger partial charge is 0.261 e. The highest BCUT2D eigenvalue weighted by Gasteiger charge is 2.32. The Morgan fingerprint density at radius 1 is 0.289 bits per heavy atom. The number of carbonyl (C=O) groups is 6. The number of nitrogens with one attached hydrogen (secondary N) is 6. The molecule has 0 bridgehead atoms. The summed E-state index contributed by atoms with van der Waals surface area (Å²) in [5.74, 6) is 0.0918. The molecule has 6 N–H and O–H groups in total. The molecule has 0 spiro atoms. The van der Waals surface area contributed by atoms with Crippen LogP contribution < -0.4 is 28.3 Å². The van der Waals surface area contributed by atoms with Gasteiger partial charge < -0.3 is 0 Å². The lowest BCUT2D eigenvalue weighted by molar-refractivity contribution is -0.117. The molecule has 2 atom stereocenters. The van der Waals surface area contributed by atoms with Crippen molar-refractivity contribution >= 4 is 94.8 Å². The van der Waals surface area contributed by atoms with Gasteiger partial charge in [-0.05, 0) is 175 Å². The van der Waals surface area contributed by atoms with Crippen LogP contribution in [0.1, 0.15) is 165 Å². The number of sulfonamides is 6. The third kappa shape index (κ3) is 30.6. The molecule has 0 amide bonds. The van der Waals surface area contributed by atoms with Crippen LogP contribution in [0, 0.1) is 57.3 Å². The second kappa shape index (κ2) is 39.6. The van der Waals surface area contributed by atoms with Gasteiger partial charge in [0.15, 0.2) is 34.7 Å². The SMILES string of the molecule is CC1(C)CC(=O)C=C(NS(=O)(=O)Cc2ccccc2)C1.Cc1ccc(S(=O)(=O)NC2=CC(=O)CC(C)(C)C2)cc1.Cc1ccc(S(=O)(=O)NC2=CC(=O)CC(C)C2)cc1.Cc1ccc(S(=O)(=O)NC2=CC(=O)CC(C)C2)cc1.Cc1ccc(S(=O)(=O)NC2=CC(=O)CCC2)cc1.Cc1ccc(S(=O)(=O)NC2=CC(=O)CCC2)cc1. The molecule has 0 radical (unpaired) electrons. The molecule has 12 rings (SSSR count). The molecule has 6 aromatic carbocycles. The summed E-state index contributed by atoms with van der Waals surface area (Å²) in [6.07, 6.45) is 16.1. The number of ketones is 6. The van der Waals surface area contributed by atoms with E-state index in [4.69, 9.17) is 0 Å². The summed E-state index contributed by atoms with van der Waals surface area (Å²) in [5, 5.41) is 0. The molecule has 0 saturated heterocycles. The molecule has 0 aliphatic heterocycles. The summed E-state index contributed by atoms with van der Waals surface area (Å²) in [4.78, 5) is 69.7. The van der Waals surface area contributed by atoms with Crippen molar-refractivity contribution in [1.29, 1.82) is 0 Å². The molecule has 6 aliphatic rings. The van der Waals surface area contributed by atoms with E-state index in [1.54, 1.807) is 146 Å². The molecule has 6 aromatic rings. The van der Waals surface area contributed by atoms with Crippen molar-refractivity contribution in [3.05, 3.63) is 256 Å². The van der Waals surface area contributed by atoms with Gasteiger partial charge >= 0.3 is 0 Å². The minimum atomic E-state index is -3.62. The lowest BCUT2D eigenvalue weighted by Gasteiger charge is -2.29. The summed E-state index contributed by atoms with van der Waals surface area (Å²) in [6.45, 7) is 21.2. The van der Waals surface area contributed by atoms with Crippen molar-refractivity contribution in [2.45, 2.75) is 196 Å². The van der Waals surface area contributed by atoms with Gasteiger partial charge in [-0.1, -0.05) is 160 Å². The van der Waals surface area contributed by atoms with Gasteiger partial charge in [0, 0.05) is 109 Å². The summed E-state index contributed by atoms with van der Waals surface area (Å²) in [6, 6.07) is 42.1. The molecular weight excluding hydrogens is 1570 g/mol. The maximum atomic E-state index is 12.3. The van der Waals surface area contributed by atoms with Crippen LogP contribution in [0.3, 0.4) is 0 Å². The van der Waals surface area contributed by atoms with Gasteiger partial charge in [0.05, 0.1) is 30.2 Å². The Kier molecular flexibility index (Phi) is 31.7. The Balaban J connectivity index is 0.000000190. The molecule has 0 heterocycles. The van der Waals surface area contributed by atoms with E-state index in [2.05, 4.69) is 28.3 Å². The van der Waals surface area contributed by atoms with Crippen molar-refractivity contribution in [3.63, 3.8) is 0 Å². The second-order valence-electron chi connectivity index (χ2n) is 31.0. The van der Waals surface area contributed by atoms with E-state index < -0.39 is 60.1 Å². The highest BCUT2D eigenvalue weighted by molar-refractivity contribution is 7.91. The predicted octanol–water partition coefficient (Wildman–Crippen LogP) is 13.1. The number of carbonyl (C=O) groups excluding carboxylic acids is 6. The quantitative estimate of drug-likeness (QED) is 0.0439. The summed E-state index contributed by atoms with van der Waals surface area (Å²) in [5.41, 5.74) is 8.18. The van der Waals surface area contributed by atoms with E-state index >= 15 is 0 Å². The number of allylic oxidation sites excluding steroid dienone is 12. The van der Waals surface area contributed by atoms with Gasteiger partial charge in [0.2, 0.25) is 10.0 Å². The number of hydrogen-bond acceptors (Lipinski definition) is 18. The van der Waals surface area contributed by atoms with Crippen LogP contribution in [0.2, 0.25) is 0 Å². The van der Waals surface area contributed by atoms with Crippen molar-refractivity contribution in [2.75, 3.05) is 0 Å². The summed E-state index contributed by atoms with van der Waals surface area (Å²) in [7, 11) is -21.4. The van der Waals surface area contributed by atoms with Gasteiger partial charge in [-0.15, -0.1) is 0 Å². The first-order valence-electron chi connectivity index (χ1n) is 37.0. The standard InChI is InChI=1S/2C15H19NO3S.2C14H17NO3S.2C13H15NO3S/c1-11-4-6-14(7-5-11)20(18,19)16-12-8-13(17)10-15(2,3)9-12;1-15(2)9-13(8-14(17)10-15)16-20(18,19)11-12-6-4-3-5-7-12;2*1-10-3-5-14(6-4-10)19(17,18)15-12-7-11(2)8-13(16)9-12;2*1-10-5-7-13(8-6-10)18(16,17)14-11-3-2-4-12(15)9-11/h4-8,16H,9-10H2,1-3H3;3-8,16H,9-11H2,1-2H3;2*3-6,9,11,15H,7-8H2,1-2H3;2*5-9,14H,2-4H2,1H3. The normalized spacial score (nSPS) is 18.3. The first-order chi connectivity index (χ1) is 53.1. The monoisotopic (exact) mass is 1670 g/mol. The van der Waals surface area contributed by atoms with Crippen molar-refractivity contribution < 1.29 is 79.3 Å². The molecule has 114 heavy (non-hydrogen) atoms. The Bertz CT molecular complexity index is 5220. The molecule has 0 aromatic heterocycles. The lowest BCUT2D eigenvalue weighted by Crippen LogP contribution is -2.32. The van der Waals surface area contributed by atoms with Gasteiger partial charge in [0.1, 0.15) is 0 Å². The van der Waals surface area contributed by atoms with Crippen LogP contribution in [0.25, 0.3) is 0 Å². The van der Waals surface area contributed by atoms with Gasteiger partial charge in [-0.25, -0.2) is 50.5 Å². The number of rotatable bonds is 19. The fraction of sp³-hybridized carbons (Fsp3) is 0.357. The minimum absolute atomic E-state index is 0.0251. The predicted molar refractivity (Wildman–Crippen MR) is 439 cm³/mol. The molecule has 2 unspecified atom stereocenters. The Labute approximate surface area is 672 Å². The van der Waals surface area contributed by atoms with E-state index in [1.165, 1.54) is 36.5 Å². The van der Waals surface area contributed by atoms with Gasteiger partial charge in [0.25, 0.3) is 50.1 Å². The third-order valence-corrected chi connectivity index (χ3v) is 26.5. The van der Waals surface area contributed by atoms with Crippen molar-refractivity contribution in [3.8, 4) is 0 Å². The Morgan fingerprint density at radius 2 is 0.544 bits per heavy atom. The zero-order chi connectivity index (χ0) is 84.2. The second-order valence-corrected chi connectivity index (χ2v) is 41.2. The van der Waals surface area contributed by atoms with Crippen LogP contribution in [0.15, 0.2) is 247 Å². The van der Waals surface area contributed by atoms with Crippen LogP contribution in [0.4, 0.5) is 0 Å². The van der Waals surface area contributed by atoms with Gasteiger partial charge in [-0.3, -0.25) is 57.1 Å². The molecule has 24 nitrogen and oxygen atoms in total. The maximum absolute atomic E-state index is 12.3. The minimum Gasteiger partial charge on any atom is -0.295 e. The van der Waals surface area contributed by atoms with E-state index in [-0.39, 0.29) is 87.6 Å². The van der Waals surface area contributed by atoms with Crippen LogP contribution in [-0.2, 0) is 94.7 Å². The Hall–Kier alpha value is -9.72. The highest BCUT2D eigenvalue weighted by Crippen LogP contribution is 2.35. The third-order valence-electron chi connectivity index (χ3n) is 18.1. The van der Waals surface area contributed by atoms with Crippen molar-refractivity contribution in [1.82, 2.24) is 28.3 Å². The van der Waals surface area contributed by atoms with E-state index in [1.807, 2.05) is 82.2 Å². The summed E-state index contributed by atoms with van der Waals surface area (Å²) >= 11 is 0. The molecule has 6 aliphatic carbocycles. The van der Waals surface area contributed by atoms with Crippen LogP contribution in [-0.4, -0.2) is 85.2 Å². The topological polar surface area (TPSA) is 379 Å². The molecule has 30 heteroatoms. The first kappa shape index (κ1) is 91.5. The van der Waals surface area contributed by atoms with E-state index in [0.717, 1.165) is 33.4 Å². The molecule has 0 saturated carbocycles. The zero-order valence-corrected chi connectivity index (χ0v) is 70.9. The number of aryl methyl sites for hydroxylation is 5. The molecule has 612 valence electrons. The summed E-state index contributed by atoms with van der Waals surface area (Å²) < 4.78 is 161. The van der Waals surface area contributed by atoms with Crippen molar-refractivity contribution in [2.24, 2.45) is 22.7 Å². The van der Waals surface area contributed by atoms with E-state index in [0.29, 0.717) is 124 Å². The molecule has 0 fully saturated rings. The largest absolute Gasteiger partial charge is 0.295 e. The maximum Gasteiger partial charge on any atom is 0.261 e. The van der Waals surface area contributed by atoms with Crippen LogP contribution in [0.5, 0.6) is 0 Å².